The van der Waals surface area contributed by atoms with E-state index in [1.807, 2.05) is 0 Å². The van der Waals surface area contributed by atoms with E-state index in [2.05, 4.69) is 0 Å². The topological polar surface area (TPSA) is 26.0 Å². The lowest BCUT2D eigenvalue weighted by molar-refractivity contribution is 0.509. The fraction of sp³-hybridized carbons (Fsp3) is 0. The summed E-state index contributed by atoms with van der Waals surface area (Å²) in [6, 6.07) is 3.23. The third kappa shape index (κ3) is 1.16. The summed E-state index contributed by atoms with van der Waals surface area (Å²) in [5.41, 5.74) is 5.35. The fourth-order valence-electron chi connectivity index (χ4n) is 0.512. The van der Waals surface area contributed by atoms with Crippen molar-refractivity contribution < 1.29 is 8.78 Å². The van der Waals surface area contributed by atoms with Crippen LogP contribution in [0.2, 0.25) is 0 Å². The second-order valence-electron chi connectivity index (χ2n) is 1.67. The molecule has 9 heavy (non-hydrogen) atoms. The van der Waals surface area contributed by atoms with E-state index < -0.39 is 11.6 Å². The minimum atomic E-state index is -0.907. The number of benzene rings is 1. The van der Waals surface area contributed by atoms with Gasteiger partial charge in [0.2, 0.25) is 0 Å². The van der Waals surface area contributed by atoms with E-state index >= 15 is 0 Å². The third-order valence-electron chi connectivity index (χ3n) is 0.944. The van der Waals surface area contributed by atoms with Crippen molar-refractivity contribution in [1.82, 2.24) is 0 Å². The molecule has 0 aliphatic rings. The van der Waals surface area contributed by atoms with Gasteiger partial charge >= 0.3 is 0 Å². The molecule has 3 heteroatoms. The molecule has 0 saturated heterocycles. The lowest BCUT2D eigenvalue weighted by atomic mass is 11.3. The van der Waals surface area contributed by atoms with Crippen LogP contribution in [0.5, 0.6) is 0 Å². The molecule has 48 valence electrons. The summed E-state index contributed by atoms with van der Waals surface area (Å²) >= 11 is 0. The molecule has 0 aromatic heterocycles. The standard InChI is InChI=1S/C6H5F2N/c7-5-2-1-4(9)3-6(5)8/h1-3H,9H2/i1+1,2+1,3+1,4+1,5+1,6+1. The lowest BCUT2D eigenvalue weighted by Crippen LogP contribution is -1.88. The van der Waals surface area contributed by atoms with Crippen molar-refractivity contribution in [3.63, 3.8) is 0 Å². The number of hydrogen-bond donors (Lipinski definition) is 1. The first-order valence-electron chi connectivity index (χ1n) is 2.40. The monoisotopic (exact) mass is 135 g/mol. The van der Waals surface area contributed by atoms with Crippen molar-refractivity contribution in [1.29, 1.82) is 0 Å². The Morgan fingerprint density at radius 3 is 2.22 bits per heavy atom. The molecule has 0 radical (unpaired) electrons. The van der Waals surface area contributed by atoms with Gasteiger partial charge in [-0.15, -0.1) is 0 Å². The minimum absolute atomic E-state index is 0.230. The molecule has 1 nitrogen and oxygen atoms in total. The van der Waals surface area contributed by atoms with Crippen LogP contribution in [0, 0.1) is 11.6 Å². The van der Waals surface area contributed by atoms with Crippen LogP contribution in [0.25, 0.3) is 0 Å². The largest absolute Gasteiger partial charge is 0.399 e. The van der Waals surface area contributed by atoms with E-state index in [9.17, 15) is 8.78 Å². The van der Waals surface area contributed by atoms with Crippen LogP contribution in [0.4, 0.5) is 14.5 Å². The van der Waals surface area contributed by atoms with Crippen LogP contribution in [-0.4, -0.2) is 0 Å². The van der Waals surface area contributed by atoms with Gasteiger partial charge in [-0.2, -0.15) is 0 Å². The maximum Gasteiger partial charge on any atom is 0.160 e. The third-order valence-corrected chi connectivity index (χ3v) is 0.944. The van der Waals surface area contributed by atoms with Gasteiger partial charge in [0.25, 0.3) is 0 Å². The molecule has 2 N–H and O–H groups in total. The number of halogens is 2. The number of hydrogen-bond acceptors (Lipinski definition) is 1. The molecule has 0 heterocycles. The van der Waals surface area contributed by atoms with Gasteiger partial charge in [-0.05, 0) is 18.2 Å². The maximum atomic E-state index is 12.1. The minimum Gasteiger partial charge on any atom is -0.399 e. The molecule has 0 amide bonds. The zero-order valence-corrected chi connectivity index (χ0v) is 4.57. The van der Waals surface area contributed by atoms with Gasteiger partial charge < -0.3 is 5.73 Å². The van der Waals surface area contributed by atoms with Gasteiger partial charge in [0.1, 0.15) is 0 Å². The summed E-state index contributed by atoms with van der Waals surface area (Å²) in [7, 11) is 0. The summed E-state index contributed by atoms with van der Waals surface area (Å²) in [5.74, 6) is -1.78. The normalized spacial score (nSPS) is 9.56. The average molecular weight is 135 g/mol. The molecule has 0 saturated carbocycles. The molecule has 0 fully saturated rings. The summed E-state index contributed by atoms with van der Waals surface area (Å²) in [4.78, 5) is 0. The van der Waals surface area contributed by atoms with Gasteiger partial charge in [0.15, 0.2) is 11.6 Å². The number of nitrogen functional groups attached to an aromatic ring is 1. The first-order valence-corrected chi connectivity index (χ1v) is 2.40. The van der Waals surface area contributed by atoms with E-state index in [0.717, 1.165) is 12.1 Å². The van der Waals surface area contributed by atoms with E-state index in [1.54, 1.807) is 0 Å². The summed E-state index contributed by atoms with van der Waals surface area (Å²) in [5, 5.41) is 0. The van der Waals surface area contributed by atoms with Gasteiger partial charge in [-0.25, -0.2) is 8.78 Å². The molecular formula is C6H5F2N. The highest BCUT2D eigenvalue weighted by Gasteiger charge is 1.97. The Kier molecular flexibility index (Phi) is 1.34. The Morgan fingerprint density at radius 2 is 1.78 bits per heavy atom. The van der Waals surface area contributed by atoms with E-state index in [4.69, 9.17) is 5.73 Å². The second kappa shape index (κ2) is 2.01. The van der Waals surface area contributed by atoms with Crippen LogP contribution in [0.15, 0.2) is 18.2 Å². The summed E-state index contributed by atoms with van der Waals surface area (Å²) in [6.45, 7) is 0. The molecule has 1 aromatic rings. The van der Waals surface area contributed by atoms with Crippen LogP contribution in [-0.2, 0) is 0 Å². The first kappa shape index (κ1) is 6.01. The zero-order valence-electron chi connectivity index (χ0n) is 4.57. The first-order chi connectivity index (χ1) is 4.20. The highest BCUT2D eigenvalue weighted by molar-refractivity contribution is 5.37. The number of nitrogens with two attached hydrogens (primary N) is 1. The molecular weight excluding hydrogens is 130 g/mol. The molecule has 1 rings (SSSR count). The summed E-state index contributed by atoms with van der Waals surface area (Å²) in [6.07, 6.45) is 0. The maximum absolute atomic E-state index is 12.1. The Bertz CT molecular complexity index is 222. The van der Waals surface area contributed by atoms with Crippen molar-refractivity contribution in [3.8, 4) is 0 Å². The van der Waals surface area contributed by atoms with Gasteiger partial charge in [0, 0.05) is 5.69 Å². The molecule has 0 bridgehead atoms. The fourth-order valence-corrected chi connectivity index (χ4v) is 0.512. The van der Waals surface area contributed by atoms with E-state index in [-0.39, 0.29) is 5.69 Å². The zero-order chi connectivity index (χ0) is 6.85. The van der Waals surface area contributed by atoms with Crippen LogP contribution in [0.3, 0.4) is 0 Å². The number of anilines is 1. The Hall–Kier alpha value is -1.12. The van der Waals surface area contributed by atoms with Gasteiger partial charge in [0.05, 0.1) is 0 Å². The molecule has 0 spiro atoms. The predicted molar refractivity (Wildman–Crippen MR) is 30.8 cm³/mol. The quantitative estimate of drug-likeness (QED) is 0.536. The van der Waals surface area contributed by atoms with Crippen molar-refractivity contribution in [2.45, 2.75) is 0 Å². The van der Waals surface area contributed by atoms with E-state index in [0.29, 0.717) is 0 Å². The van der Waals surface area contributed by atoms with Crippen LogP contribution < -0.4 is 5.73 Å². The SMILES string of the molecule is N[13c]1[13cH][13cH][13c](F)[13c](F)[13cH]1. The molecule has 0 atom stereocenters. The van der Waals surface area contributed by atoms with E-state index in [1.165, 1.54) is 6.07 Å². The van der Waals surface area contributed by atoms with Crippen LogP contribution >= 0.6 is 0 Å². The number of rotatable bonds is 0. The van der Waals surface area contributed by atoms with Crippen molar-refractivity contribution in [2.75, 3.05) is 5.73 Å². The lowest BCUT2D eigenvalue weighted by Gasteiger charge is -1.91. The average Bonchev–Trinajstić information content (AvgIpc) is 1.80. The Morgan fingerprint density at radius 1 is 1.11 bits per heavy atom. The molecule has 1 aromatic carbocycles. The van der Waals surface area contributed by atoms with Gasteiger partial charge in [-0.1, -0.05) is 0 Å². The van der Waals surface area contributed by atoms with Gasteiger partial charge in [-0.3, -0.25) is 0 Å². The molecule has 0 aliphatic carbocycles. The Balaban J connectivity index is 3.17. The second-order valence-corrected chi connectivity index (χ2v) is 1.67. The smallest absolute Gasteiger partial charge is 0.160 e. The highest BCUT2D eigenvalue weighted by Crippen LogP contribution is 2.08. The van der Waals surface area contributed by atoms with Crippen LogP contribution in [0.1, 0.15) is 0 Å². The van der Waals surface area contributed by atoms with Crippen molar-refractivity contribution >= 4 is 5.69 Å². The molecule has 0 aliphatic heterocycles. The highest BCUT2D eigenvalue weighted by atomic mass is 19.2. The molecule has 0 unspecified atom stereocenters. The van der Waals surface area contributed by atoms with Crippen molar-refractivity contribution in [3.05, 3.63) is 29.8 Å². The Labute approximate surface area is 51.1 Å². The van der Waals surface area contributed by atoms with Crippen molar-refractivity contribution in [2.24, 2.45) is 0 Å². The predicted octanol–water partition coefficient (Wildman–Crippen LogP) is 1.55. The summed E-state index contributed by atoms with van der Waals surface area (Å²) < 4.78 is 24.2.